The maximum absolute atomic E-state index is 12.5. The van der Waals surface area contributed by atoms with Crippen molar-refractivity contribution in [3.05, 3.63) is 28.2 Å². The Labute approximate surface area is 152 Å². The highest BCUT2D eigenvalue weighted by Gasteiger charge is 2.31. The van der Waals surface area contributed by atoms with E-state index in [0.29, 0.717) is 22.3 Å². The van der Waals surface area contributed by atoms with Gasteiger partial charge in [0, 0.05) is 12.6 Å². The summed E-state index contributed by atoms with van der Waals surface area (Å²) in [5.74, 6) is 0.910. The molecule has 1 amide bonds. The van der Waals surface area contributed by atoms with Crippen molar-refractivity contribution in [1.29, 1.82) is 0 Å². The van der Waals surface area contributed by atoms with E-state index in [9.17, 15) is 4.79 Å². The molecule has 2 heterocycles. The van der Waals surface area contributed by atoms with Gasteiger partial charge in [-0.1, -0.05) is 23.2 Å². The van der Waals surface area contributed by atoms with Crippen molar-refractivity contribution in [2.24, 2.45) is 0 Å². The highest BCUT2D eigenvalue weighted by molar-refractivity contribution is 6.42. The number of rotatable bonds is 3. The molecule has 4 nitrogen and oxygen atoms in total. The number of halogens is 3. The number of carbonyl (C=O) groups is 1. The topological polar surface area (TPSA) is 41.6 Å². The van der Waals surface area contributed by atoms with Crippen molar-refractivity contribution in [3.8, 4) is 5.75 Å². The number of ether oxygens (including phenoxy) is 1. The molecule has 2 aliphatic rings. The lowest BCUT2D eigenvalue weighted by molar-refractivity contribution is -0.135. The maximum atomic E-state index is 12.5. The van der Waals surface area contributed by atoms with Gasteiger partial charge in [0.25, 0.3) is 0 Å². The Morgan fingerprint density at radius 1 is 1.22 bits per heavy atom. The van der Waals surface area contributed by atoms with E-state index in [-0.39, 0.29) is 30.5 Å². The Morgan fingerprint density at radius 3 is 2.74 bits per heavy atom. The second kappa shape index (κ2) is 8.43. The average Bonchev–Trinajstić information content (AvgIpc) is 3.05. The molecule has 128 valence electrons. The quantitative estimate of drug-likeness (QED) is 0.873. The normalized spacial score (nSPS) is 24.2. The Bertz CT molecular complexity index is 550. The van der Waals surface area contributed by atoms with Crippen LogP contribution in [0.4, 0.5) is 0 Å². The number of nitrogens with one attached hydrogen (secondary N) is 1. The number of hydrogen-bond donors (Lipinski definition) is 1. The molecule has 2 aliphatic heterocycles. The van der Waals surface area contributed by atoms with E-state index in [4.69, 9.17) is 27.9 Å². The van der Waals surface area contributed by atoms with E-state index in [1.807, 2.05) is 11.0 Å². The van der Waals surface area contributed by atoms with Crippen LogP contribution in [0.3, 0.4) is 0 Å². The molecule has 0 spiro atoms. The van der Waals surface area contributed by atoms with Crippen molar-refractivity contribution in [2.45, 2.75) is 37.8 Å². The van der Waals surface area contributed by atoms with Gasteiger partial charge >= 0.3 is 0 Å². The monoisotopic (exact) mass is 378 g/mol. The molecule has 1 N–H and O–H groups in total. The molecule has 1 aromatic rings. The minimum Gasteiger partial charge on any atom is -0.489 e. The molecular weight excluding hydrogens is 359 g/mol. The van der Waals surface area contributed by atoms with Gasteiger partial charge in [0.2, 0.25) is 5.91 Å². The van der Waals surface area contributed by atoms with Crippen LogP contribution in [0.5, 0.6) is 5.75 Å². The first-order valence-corrected chi connectivity index (χ1v) is 8.53. The van der Waals surface area contributed by atoms with Gasteiger partial charge in [-0.25, -0.2) is 0 Å². The van der Waals surface area contributed by atoms with Gasteiger partial charge in [-0.05, 0) is 44.4 Å². The van der Waals surface area contributed by atoms with Gasteiger partial charge in [0.1, 0.15) is 11.9 Å². The third kappa shape index (κ3) is 4.66. The summed E-state index contributed by atoms with van der Waals surface area (Å²) in [6.07, 6.45) is 3.93. The summed E-state index contributed by atoms with van der Waals surface area (Å²) in [6.45, 7) is 2.39. The zero-order chi connectivity index (χ0) is 15.5. The van der Waals surface area contributed by atoms with E-state index in [1.54, 1.807) is 12.1 Å². The standard InChI is InChI=1S/C16H20Cl2N2O2.ClH/c17-13-6-5-11(9-14(13)18)22-12-3-2-8-20(10-12)16(21)15-4-1-7-19-15;/h5-6,9,12,15,19H,1-4,7-8,10H2;1H. The number of likely N-dealkylation sites (tertiary alicyclic amines) is 1. The smallest absolute Gasteiger partial charge is 0.239 e. The average molecular weight is 380 g/mol. The summed E-state index contributed by atoms with van der Waals surface area (Å²) < 4.78 is 5.98. The van der Waals surface area contributed by atoms with Crippen molar-refractivity contribution in [1.82, 2.24) is 10.2 Å². The van der Waals surface area contributed by atoms with Gasteiger partial charge in [-0.3, -0.25) is 4.79 Å². The van der Waals surface area contributed by atoms with Crippen LogP contribution < -0.4 is 10.1 Å². The van der Waals surface area contributed by atoms with Crippen molar-refractivity contribution < 1.29 is 9.53 Å². The van der Waals surface area contributed by atoms with Gasteiger partial charge in [0.15, 0.2) is 0 Å². The third-order valence-electron chi connectivity index (χ3n) is 4.24. The molecule has 23 heavy (non-hydrogen) atoms. The predicted molar refractivity (Wildman–Crippen MR) is 95.0 cm³/mol. The number of hydrogen-bond acceptors (Lipinski definition) is 3. The molecule has 3 rings (SSSR count). The van der Waals surface area contributed by atoms with E-state index in [2.05, 4.69) is 5.32 Å². The van der Waals surface area contributed by atoms with Crippen molar-refractivity contribution in [2.75, 3.05) is 19.6 Å². The van der Waals surface area contributed by atoms with E-state index < -0.39 is 0 Å². The van der Waals surface area contributed by atoms with Crippen molar-refractivity contribution in [3.63, 3.8) is 0 Å². The molecule has 0 aromatic heterocycles. The molecular formula is C16H21Cl3N2O2. The number of piperidine rings is 1. The molecule has 2 fully saturated rings. The summed E-state index contributed by atoms with van der Waals surface area (Å²) in [4.78, 5) is 14.4. The van der Waals surface area contributed by atoms with Crippen LogP contribution in [0.25, 0.3) is 0 Å². The maximum Gasteiger partial charge on any atom is 0.239 e. The minimum absolute atomic E-state index is 0. The number of carbonyl (C=O) groups excluding carboxylic acids is 1. The minimum atomic E-state index is -0.0104. The van der Waals surface area contributed by atoms with E-state index in [0.717, 1.165) is 38.8 Å². The highest BCUT2D eigenvalue weighted by Crippen LogP contribution is 2.28. The molecule has 1 aromatic carbocycles. The summed E-state index contributed by atoms with van der Waals surface area (Å²) in [6, 6.07) is 5.26. The van der Waals surface area contributed by atoms with Crippen LogP contribution in [0.15, 0.2) is 18.2 Å². The van der Waals surface area contributed by atoms with Crippen LogP contribution >= 0.6 is 35.6 Å². The first-order chi connectivity index (χ1) is 10.6. The zero-order valence-electron chi connectivity index (χ0n) is 12.8. The number of amides is 1. The zero-order valence-corrected chi connectivity index (χ0v) is 15.1. The van der Waals surface area contributed by atoms with Gasteiger partial charge < -0.3 is 15.0 Å². The fraction of sp³-hybridized carbons (Fsp3) is 0.562. The SMILES string of the molecule is Cl.O=C(C1CCCN1)N1CCCC(Oc2ccc(Cl)c(Cl)c2)C1. The Balaban J connectivity index is 0.00000192. The lowest BCUT2D eigenvalue weighted by atomic mass is 10.1. The Morgan fingerprint density at radius 2 is 2.04 bits per heavy atom. The molecule has 0 radical (unpaired) electrons. The van der Waals surface area contributed by atoms with E-state index in [1.165, 1.54) is 0 Å². The second-order valence-corrected chi connectivity index (χ2v) is 6.71. The number of nitrogens with zero attached hydrogens (tertiary/aromatic N) is 1. The van der Waals surface area contributed by atoms with Gasteiger partial charge in [-0.15, -0.1) is 12.4 Å². The third-order valence-corrected chi connectivity index (χ3v) is 4.98. The van der Waals surface area contributed by atoms with Crippen molar-refractivity contribution >= 4 is 41.5 Å². The Hall–Kier alpha value is -0.680. The highest BCUT2D eigenvalue weighted by atomic mass is 35.5. The molecule has 2 atom stereocenters. The first-order valence-electron chi connectivity index (χ1n) is 7.77. The lowest BCUT2D eigenvalue weighted by Gasteiger charge is -2.34. The Kier molecular flexibility index (Phi) is 6.84. The molecule has 2 saturated heterocycles. The summed E-state index contributed by atoms with van der Waals surface area (Å²) in [5.41, 5.74) is 0. The van der Waals surface area contributed by atoms with Crippen LogP contribution in [-0.4, -0.2) is 42.6 Å². The fourth-order valence-corrected chi connectivity index (χ4v) is 3.38. The lowest BCUT2D eigenvalue weighted by Crippen LogP contribution is -2.50. The van der Waals surface area contributed by atoms with Crippen LogP contribution in [0.1, 0.15) is 25.7 Å². The molecule has 7 heteroatoms. The predicted octanol–water partition coefficient (Wildman–Crippen LogP) is 3.54. The summed E-state index contributed by atoms with van der Waals surface area (Å²) >= 11 is 11.9. The van der Waals surface area contributed by atoms with Gasteiger partial charge in [0.05, 0.1) is 22.6 Å². The first kappa shape index (κ1) is 18.7. The van der Waals surface area contributed by atoms with E-state index >= 15 is 0 Å². The van der Waals surface area contributed by atoms with Crippen LogP contribution in [0.2, 0.25) is 10.0 Å². The summed E-state index contributed by atoms with van der Waals surface area (Å²) in [7, 11) is 0. The summed E-state index contributed by atoms with van der Waals surface area (Å²) in [5, 5.41) is 4.27. The van der Waals surface area contributed by atoms with Crippen LogP contribution in [-0.2, 0) is 4.79 Å². The molecule has 2 unspecified atom stereocenters. The second-order valence-electron chi connectivity index (χ2n) is 5.89. The molecule has 0 bridgehead atoms. The molecule has 0 aliphatic carbocycles. The molecule has 0 saturated carbocycles. The van der Waals surface area contributed by atoms with Gasteiger partial charge in [-0.2, -0.15) is 0 Å². The fourth-order valence-electron chi connectivity index (χ4n) is 3.09. The number of benzene rings is 1. The largest absolute Gasteiger partial charge is 0.489 e. The van der Waals surface area contributed by atoms with Crippen LogP contribution in [0, 0.1) is 0 Å².